The van der Waals surface area contributed by atoms with Crippen LogP contribution in [0.4, 0.5) is 4.79 Å². The lowest BCUT2D eigenvalue weighted by atomic mass is 10.0. The van der Waals surface area contributed by atoms with Gasteiger partial charge >= 0.3 is 6.09 Å². The van der Waals surface area contributed by atoms with E-state index in [4.69, 9.17) is 9.47 Å². The number of hydrogen-bond donors (Lipinski definition) is 2. The SMILES string of the molecule is COc1ccc(S(=O)(=O)N(CC(C)C)C[C@@H](O)[C@H](Cc2ccccc2)NC(=O)OCc2cc[n+](C)cc2)cc1. The Kier molecular flexibility index (Phi) is 10.8. The van der Waals surface area contributed by atoms with Gasteiger partial charge in [-0.3, -0.25) is 0 Å². The van der Waals surface area contributed by atoms with Gasteiger partial charge in [-0.1, -0.05) is 44.2 Å². The van der Waals surface area contributed by atoms with Gasteiger partial charge in [-0.15, -0.1) is 0 Å². The van der Waals surface area contributed by atoms with Crippen molar-refractivity contribution in [2.24, 2.45) is 13.0 Å². The number of methoxy groups -OCH3 is 1. The molecule has 2 aromatic carbocycles. The number of benzene rings is 2. The van der Waals surface area contributed by atoms with Gasteiger partial charge in [0.1, 0.15) is 19.4 Å². The van der Waals surface area contributed by atoms with Crippen LogP contribution in [0.2, 0.25) is 0 Å². The molecule has 9 nitrogen and oxygen atoms in total. The zero-order chi connectivity index (χ0) is 28.4. The van der Waals surface area contributed by atoms with Crippen LogP contribution >= 0.6 is 0 Å². The maximum absolute atomic E-state index is 13.5. The first kappa shape index (κ1) is 30.1. The predicted octanol–water partition coefficient (Wildman–Crippen LogP) is 3.07. The number of nitrogens with one attached hydrogen (secondary N) is 1. The molecule has 1 aromatic heterocycles. The summed E-state index contributed by atoms with van der Waals surface area (Å²) in [6, 6.07) is 18.4. The van der Waals surface area contributed by atoms with E-state index in [0.717, 1.165) is 11.1 Å². The molecular formula is C29H38N3O6S+. The standard InChI is InChI=1S/C29H37N3O6S/c1-22(2)19-32(39(35,36)26-12-10-25(37-4)11-13-26)20-28(33)27(18-23-8-6-5-7-9-23)30-29(34)38-21-24-14-16-31(3)17-15-24/h5-17,22,27-28,33H,18-21H2,1-4H3/p+1/t27-,28+/m0/s1. The minimum Gasteiger partial charge on any atom is -0.497 e. The second kappa shape index (κ2) is 14.1. The third-order valence-corrected chi connectivity index (χ3v) is 7.99. The zero-order valence-electron chi connectivity index (χ0n) is 22.9. The van der Waals surface area contributed by atoms with Gasteiger partial charge in [-0.25, -0.2) is 17.8 Å². The van der Waals surface area contributed by atoms with Gasteiger partial charge in [0.15, 0.2) is 12.4 Å². The van der Waals surface area contributed by atoms with Crippen molar-refractivity contribution in [3.8, 4) is 5.75 Å². The minimum absolute atomic E-state index is 0.00314. The van der Waals surface area contributed by atoms with E-state index in [9.17, 15) is 18.3 Å². The van der Waals surface area contributed by atoms with Gasteiger partial charge in [0.2, 0.25) is 10.0 Å². The highest BCUT2D eigenvalue weighted by atomic mass is 32.2. The van der Waals surface area contributed by atoms with Crippen molar-refractivity contribution in [1.82, 2.24) is 9.62 Å². The third kappa shape index (κ3) is 9.05. The maximum atomic E-state index is 13.5. The van der Waals surface area contributed by atoms with Crippen molar-refractivity contribution in [3.63, 3.8) is 0 Å². The molecule has 0 spiro atoms. The van der Waals surface area contributed by atoms with Crippen LogP contribution in [0.5, 0.6) is 5.75 Å². The Morgan fingerprint density at radius 2 is 1.62 bits per heavy atom. The number of amides is 1. The summed E-state index contributed by atoms with van der Waals surface area (Å²) >= 11 is 0. The molecular weight excluding hydrogens is 518 g/mol. The van der Waals surface area contributed by atoms with E-state index in [1.807, 2.05) is 80.3 Å². The van der Waals surface area contributed by atoms with Crippen molar-refractivity contribution in [2.75, 3.05) is 20.2 Å². The first-order valence-corrected chi connectivity index (χ1v) is 14.3. The smallest absolute Gasteiger partial charge is 0.407 e. The van der Waals surface area contributed by atoms with Crippen molar-refractivity contribution in [2.45, 2.75) is 43.9 Å². The molecule has 1 heterocycles. The molecule has 39 heavy (non-hydrogen) atoms. The second-order valence-electron chi connectivity index (χ2n) is 9.85. The largest absolute Gasteiger partial charge is 0.497 e. The van der Waals surface area contributed by atoms with E-state index >= 15 is 0 Å². The zero-order valence-corrected chi connectivity index (χ0v) is 23.7. The summed E-state index contributed by atoms with van der Waals surface area (Å²) in [5.41, 5.74) is 1.70. The van der Waals surface area contributed by atoms with Gasteiger partial charge in [0, 0.05) is 30.8 Å². The van der Waals surface area contributed by atoms with E-state index in [1.165, 1.54) is 23.5 Å². The van der Waals surface area contributed by atoms with Crippen molar-refractivity contribution in [1.29, 1.82) is 0 Å². The summed E-state index contributed by atoms with van der Waals surface area (Å²) in [4.78, 5) is 12.8. The van der Waals surface area contributed by atoms with Crippen LogP contribution in [0.1, 0.15) is 25.0 Å². The minimum atomic E-state index is -3.93. The van der Waals surface area contributed by atoms with Gasteiger partial charge in [0.05, 0.1) is 24.2 Å². The monoisotopic (exact) mass is 556 g/mol. The molecule has 3 aromatic rings. The average molecular weight is 557 g/mol. The average Bonchev–Trinajstić information content (AvgIpc) is 2.92. The fourth-order valence-corrected chi connectivity index (χ4v) is 5.65. The Morgan fingerprint density at radius 1 is 0.974 bits per heavy atom. The fourth-order valence-electron chi connectivity index (χ4n) is 4.03. The molecule has 210 valence electrons. The molecule has 0 aliphatic rings. The van der Waals surface area contributed by atoms with Crippen molar-refractivity contribution >= 4 is 16.1 Å². The number of aliphatic hydroxyl groups excluding tert-OH is 1. The first-order chi connectivity index (χ1) is 18.6. The Morgan fingerprint density at radius 3 is 2.21 bits per heavy atom. The number of alkyl carbamates (subject to hydrolysis) is 1. The number of rotatable bonds is 13. The Hall–Kier alpha value is -3.47. The number of ether oxygens (including phenoxy) is 2. The number of carbonyl (C=O) groups excluding carboxylic acids is 1. The molecule has 0 radical (unpaired) electrons. The Labute approximate surface area is 231 Å². The summed E-state index contributed by atoms with van der Waals surface area (Å²) < 4.78 is 40.8. The molecule has 0 aliphatic heterocycles. The van der Waals surface area contributed by atoms with Crippen LogP contribution < -0.4 is 14.6 Å². The van der Waals surface area contributed by atoms with Gasteiger partial charge in [-0.05, 0) is 42.2 Å². The van der Waals surface area contributed by atoms with Crippen LogP contribution in [-0.4, -0.2) is 56.3 Å². The topological polar surface area (TPSA) is 109 Å². The predicted molar refractivity (Wildman–Crippen MR) is 147 cm³/mol. The molecule has 2 atom stereocenters. The van der Waals surface area contributed by atoms with E-state index in [1.54, 1.807) is 12.1 Å². The first-order valence-electron chi connectivity index (χ1n) is 12.8. The number of pyridine rings is 1. The van der Waals surface area contributed by atoms with Crippen LogP contribution in [-0.2, 0) is 34.8 Å². The van der Waals surface area contributed by atoms with E-state index in [-0.39, 0.29) is 36.9 Å². The Bertz CT molecular complexity index is 1280. The number of nitrogens with zero attached hydrogens (tertiary/aromatic N) is 2. The number of aryl methyl sites for hydroxylation is 1. The van der Waals surface area contributed by atoms with Crippen LogP contribution in [0.25, 0.3) is 0 Å². The molecule has 10 heteroatoms. The highest BCUT2D eigenvalue weighted by molar-refractivity contribution is 7.89. The van der Waals surface area contributed by atoms with Crippen molar-refractivity contribution in [3.05, 3.63) is 90.3 Å². The molecule has 3 rings (SSSR count). The van der Waals surface area contributed by atoms with Gasteiger partial charge in [-0.2, -0.15) is 4.31 Å². The quantitative estimate of drug-likeness (QED) is 0.313. The highest BCUT2D eigenvalue weighted by Gasteiger charge is 2.31. The number of carbonyl (C=O) groups is 1. The number of sulfonamides is 1. The summed E-state index contributed by atoms with van der Waals surface area (Å²) in [6.45, 7) is 3.86. The van der Waals surface area contributed by atoms with E-state index < -0.39 is 28.3 Å². The molecule has 0 unspecified atom stereocenters. The van der Waals surface area contributed by atoms with Crippen LogP contribution in [0.3, 0.4) is 0 Å². The lowest BCUT2D eigenvalue weighted by Crippen LogP contribution is -2.51. The molecule has 0 saturated heterocycles. The molecule has 2 N–H and O–H groups in total. The molecule has 0 fully saturated rings. The van der Waals surface area contributed by atoms with E-state index in [2.05, 4.69) is 5.32 Å². The summed E-state index contributed by atoms with van der Waals surface area (Å²) in [6.07, 6.45) is 2.09. The lowest BCUT2D eigenvalue weighted by molar-refractivity contribution is -0.671. The van der Waals surface area contributed by atoms with Crippen molar-refractivity contribution < 1.29 is 32.4 Å². The number of aliphatic hydroxyl groups is 1. The molecule has 0 saturated carbocycles. The normalized spacial score (nSPS) is 13.2. The number of hydrogen-bond acceptors (Lipinski definition) is 6. The molecule has 0 aliphatic carbocycles. The summed E-state index contributed by atoms with van der Waals surface area (Å²) in [5, 5.41) is 14.1. The Balaban J connectivity index is 1.78. The number of aromatic nitrogens is 1. The highest BCUT2D eigenvalue weighted by Crippen LogP contribution is 2.21. The molecule has 1 amide bonds. The lowest BCUT2D eigenvalue weighted by Gasteiger charge is -2.30. The molecule has 0 bridgehead atoms. The van der Waals surface area contributed by atoms with Gasteiger partial charge in [0.25, 0.3) is 0 Å². The van der Waals surface area contributed by atoms with Crippen LogP contribution in [0.15, 0.2) is 84.0 Å². The maximum Gasteiger partial charge on any atom is 0.407 e. The second-order valence-corrected chi connectivity index (χ2v) is 11.8. The van der Waals surface area contributed by atoms with Gasteiger partial charge < -0.3 is 19.9 Å². The van der Waals surface area contributed by atoms with E-state index in [0.29, 0.717) is 5.75 Å². The van der Waals surface area contributed by atoms with Crippen LogP contribution in [0, 0.1) is 5.92 Å². The summed E-state index contributed by atoms with van der Waals surface area (Å²) in [5.74, 6) is 0.544. The third-order valence-electron chi connectivity index (χ3n) is 6.14. The fraction of sp³-hybridized carbons (Fsp3) is 0.379. The summed E-state index contributed by atoms with van der Waals surface area (Å²) in [7, 11) is -0.526.